The number of carbonyl (C=O) groups is 2. The molecule has 0 radical (unpaired) electrons. The average Bonchev–Trinajstić information content (AvgIpc) is 2.61. The number of benzene rings is 1. The largest absolute Gasteiger partial charge is 0.497 e. The molecule has 0 saturated carbocycles. The van der Waals surface area contributed by atoms with E-state index >= 15 is 0 Å². The normalized spacial score (nSPS) is 17.8. The first-order chi connectivity index (χ1) is 12.0. The van der Waals surface area contributed by atoms with Crippen molar-refractivity contribution in [3.8, 4) is 5.75 Å². The molecule has 1 heterocycles. The Morgan fingerprint density at radius 1 is 1.28 bits per heavy atom. The number of nitrogens with one attached hydrogen (secondary N) is 2. The SMILES string of the molecule is COCCN1CCC[C@@H](NC(=O)C(=O)Nc2ccc(OC)cc2C)C1. The fourth-order valence-electron chi connectivity index (χ4n) is 2.93. The summed E-state index contributed by atoms with van der Waals surface area (Å²) in [5, 5.41) is 5.49. The quantitative estimate of drug-likeness (QED) is 0.754. The van der Waals surface area contributed by atoms with Gasteiger partial charge < -0.3 is 20.1 Å². The second-order valence-corrected chi connectivity index (χ2v) is 6.24. The molecule has 1 saturated heterocycles. The molecular formula is C18H27N3O4. The van der Waals surface area contributed by atoms with E-state index in [1.54, 1.807) is 26.4 Å². The van der Waals surface area contributed by atoms with E-state index in [1.807, 2.05) is 13.0 Å². The van der Waals surface area contributed by atoms with Gasteiger partial charge in [-0.1, -0.05) is 0 Å². The molecule has 1 fully saturated rings. The van der Waals surface area contributed by atoms with E-state index in [1.165, 1.54) is 0 Å². The molecule has 1 aromatic carbocycles. The highest BCUT2D eigenvalue weighted by atomic mass is 16.5. The molecule has 2 rings (SSSR count). The van der Waals surface area contributed by atoms with Crippen LogP contribution < -0.4 is 15.4 Å². The van der Waals surface area contributed by atoms with Gasteiger partial charge in [0.25, 0.3) is 0 Å². The van der Waals surface area contributed by atoms with Crippen molar-refractivity contribution in [2.75, 3.05) is 45.8 Å². The summed E-state index contributed by atoms with van der Waals surface area (Å²) in [6.45, 7) is 5.08. The van der Waals surface area contributed by atoms with Crippen molar-refractivity contribution in [3.63, 3.8) is 0 Å². The summed E-state index contributed by atoms with van der Waals surface area (Å²) in [5.74, 6) is -0.547. The lowest BCUT2D eigenvalue weighted by molar-refractivity contribution is -0.136. The summed E-state index contributed by atoms with van der Waals surface area (Å²) >= 11 is 0. The van der Waals surface area contributed by atoms with Crippen LogP contribution in [-0.4, -0.2) is 63.2 Å². The fraction of sp³-hybridized carbons (Fsp3) is 0.556. The molecule has 1 aliphatic rings. The van der Waals surface area contributed by atoms with E-state index in [-0.39, 0.29) is 6.04 Å². The van der Waals surface area contributed by atoms with E-state index in [2.05, 4.69) is 15.5 Å². The number of hydrogen-bond acceptors (Lipinski definition) is 5. The number of aryl methyl sites for hydroxylation is 1. The van der Waals surface area contributed by atoms with E-state index in [0.717, 1.165) is 38.0 Å². The summed E-state index contributed by atoms with van der Waals surface area (Å²) in [6.07, 6.45) is 1.87. The number of anilines is 1. The summed E-state index contributed by atoms with van der Waals surface area (Å²) in [6, 6.07) is 5.27. The van der Waals surface area contributed by atoms with Crippen LogP contribution in [0.15, 0.2) is 18.2 Å². The van der Waals surface area contributed by atoms with Gasteiger partial charge in [0.05, 0.1) is 13.7 Å². The fourth-order valence-corrected chi connectivity index (χ4v) is 2.93. The smallest absolute Gasteiger partial charge is 0.313 e. The summed E-state index contributed by atoms with van der Waals surface area (Å²) in [5.41, 5.74) is 1.44. The maximum atomic E-state index is 12.2. The standard InChI is InChI=1S/C18H27N3O4/c1-13-11-15(25-3)6-7-16(13)20-18(23)17(22)19-14-5-4-8-21(12-14)9-10-24-2/h6-7,11,14H,4-5,8-10,12H2,1-3H3,(H,19,22)(H,20,23)/t14-/m1/s1. The molecular weight excluding hydrogens is 322 g/mol. The molecule has 0 aliphatic carbocycles. The lowest BCUT2D eigenvalue weighted by Gasteiger charge is -2.32. The Balaban J connectivity index is 1.86. The Morgan fingerprint density at radius 2 is 2.08 bits per heavy atom. The van der Waals surface area contributed by atoms with Gasteiger partial charge in [-0.2, -0.15) is 0 Å². The van der Waals surface area contributed by atoms with E-state index in [0.29, 0.717) is 18.0 Å². The molecule has 7 heteroatoms. The van der Waals surface area contributed by atoms with Crippen LogP contribution in [0.2, 0.25) is 0 Å². The van der Waals surface area contributed by atoms with Crippen LogP contribution in [0.3, 0.4) is 0 Å². The van der Waals surface area contributed by atoms with Crippen LogP contribution in [0.5, 0.6) is 5.75 Å². The Labute approximate surface area is 148 Å². The number of nitrogens with zero attached hydrogens (tertiary/aromatic N) is 1. The van der Waals surface area contributed by atoms with Gasteiger partial charge in [-0.05, 0) is 50.1 Å². The molecule has 7 nitrogen and oxygen atoms in total. The molecule has 0 aromatic heterocycles. The lowest BCUT2D eigenvalue weighted by Crippen LogP contribution is -2.50. The van der Waals surface area contributed by atoms with Crippen LogP contribution in [0.25, 0.3) is 0 Å². The molecule has 25 heavy (non-hydrogen) atoms. The zero-order valence-corrected chi connectivity index (χ0v) is 15.1. The van der Waals surface area contributed by atoms with Gasteiger partial charge in [-0.3, -0.25) is 14.5 Å². The number of rotatable bonds is 6. The Kier molecular flexibility index (Phi) is 7.21. The van der Waals surface area contributed by atoms with Gasteiger partial charge in [0.1, 0.15) is 5.75 Å². The second kappa shape index (κ2) is 9.39. The highest BCUT2D eigenvalue weighted by Crippen LogP contribution is 2.21. The highest BCUT2D eigenvalue weighted by Gasteiger charge is 2.24. The van der Waals surface area contributed by atoms with Crippen molar-refractivity contribution in [3.05, 3.63) is 23.8 Å². The third kappa shape index (κ3) is 5.72. The first-order valence-electron chi connectivity index (χ1n) is 8.51. The molecule has 1 atom stereocenters. The third-order valence-electron chi connectivity index (χ3n) is 4.34. The maximum absolute atomic E-state index is 12.2. The minimum atomic E-state index is -0.651. The van der Waals surface area contributed by atoms with Crippen molar-refractivity contribution in [1.29, 1.82) is 0 Å². The van der Waals surface area contributed by atoms with Crippen LogP contribution in [0.4, 0.5) is 5.69 Å². The van der Waals surface area contributed by atoms with Crippen molar-refractivity contribution in [1.82, 2.24) is 10.2 Å². The van der Waals surface area contributed by atoms with Crippen LogP contribution >= 0.6 is 0 Å². The lowest BCUT2D eigenvalue weighted by atomic mass is 10.1. The monoisotopic (exact) mass is 349 g/mol. The van der Waals surface area contributed by atoms with Crippen LogP contribution in [0.1, 0.15) is 18.4 Å². The van der Waals surface area contributed by atoms with Gasteiger partial charge in [-0.25, -0.2) is 0 Å². The molecule has 2 N–H and O–H groups in total. The highest BCUT2D eigenvalue weighted by molar-refractivity contribution is 6.39. The van der Waals surface area contributed by atoms with Crippen LogP contribution in [-0.2, 0) is 14.3 Å². The zero-order valence-electron chi connectivity index (χ0n) is 15.1. The first kappa shape index (κ1) is 19.2. The van der Waals surface area contributed by atoms with Gasteiger partial charge in [-0.15, -0.1) is 0 Å². The maximum Gasteiger partial charge on any atom is 0.313 e. The second-order valence-electron chi connectivity index (χ2n) is 6.24. The minimum absolute atomic E-state index is 0.0131. The molecule has 1 aliphatic heterocycles. The predicted octanol–water partition coefficient (Wildman–Crippen LogP) is 1.17. The van der Waals surface area contributed by atoms with E-state index in [9.17, 15) is 9.59 Å². The van der Waals surface area contributed by atoms with Gasteiger partial charge in [0.2, 0.25) is 0 Å². The molecule has 138 valence electrons. The molecule has 0 spiro atoms. The number of piperidine rings is 1. The van der Waals surface area contributed by atoms with E-state index < -0.39 is 11.8 Å². The first-order valence-corrected chi connectivity index (χ1v) is 8.51. The average molecular weight is 349 g/mol. The van der Waals surface area contributed by atoms with Gasteiger partial charge in [0.15, 0.2) is 0 Å². The van der Waals surface area contributed by atoms with Crippen LogP contribution in [0, 0.1) is 6.92 Å². The Bertz CT molecular complexity index is 606. The predicted molar refractivity (Wildman–Crippen MR) is 95.8 cm³/mol. The molecule has 1 aromatic rings. The van der Waals surface area contributed by atoms with E-state index in [4.69, 9.17) is 9.47 Å². The summed E-state index contributed by atoms with van der Waals surface area (Å²) < 4.78 is 10.2. The number of methoxy groups -OCH3 is 2. The molecule has 2 amide bonds. The number of carbonyl (C=O) groups excluding carboxylic acids is 2. The number of amides is 2. The summed E-state index contributed by atoms with van der Waals surface area (Å²) in [7, 11) is 3.26. The topological polar surface area (TPSA) is 79.9 Å². The van der Waals surface area contributed by atoms with Crippen molar-refractivity contribution >= 4 is 17.5 Å². The minimum Gasteiger partial charge on any atom is -0.497 e. The zero-order chi connectivity index (χ0) is 18.2. The van der Waals surface area contributed by atoms with Gasteiger partial charge in [0, 0.05) is 31.9 Å². The number of hydrogen-bond donors (Lipinski definition) is 2. The Hall–Kier alpha value is -2.12. The number of likely N-dealkylation sites (tertiary alicyclic amines) is 1. The van der Waals surface area contributed by atoms with Crippen molar-refractivity contribution in [2.45, 2.75) is 25.8 Å². The molecule has 0 bridgehead atoms. The van der Waals surface area contributed by atoms with Crippen molar-refractivity contribution in [2.24, 2.45) is 0 Å². The van der Waals surface area contributed by atoms with Crippen molar-refractivity contribution < 1.29 is 19.1 Å². The Morgan fingerprint density at radius 3 is 2.76 bits per heavy atom. The summed E-state index contributed by atoms with van der Waals surface area (Å²) in [4.78, 5) is 26.6. The third-order valence-corrected chi connectivity index (χ3v) is 4.34. The van der Waals surface area contributed by atoms with Gasteiger partial charge >= 0.3 is 11.8 Å². The molecule has 0 unspecified atom stereocenters. The number of ether oxygens (including phenoxy) is 2.